The van der Waals surface area contributed by atoms with E-state index in [0.717, 1.165) is 22.2 Å². The summed E-state index contributed by atoms with van der Waals surface area (Å²) in [5.74, 6) is 0.0948. The predicted molar refractivity (Wildman–Crippen MR) is 97.9 cm³/mol. The van der Waals surface area contributed by atoms with Crippen LogP contribution in [-0.4, -0.2) is 30.6 Å². The van der Waals surface area contributed by atoms with Crippen molar-refractivity contribution in [3.8, 4) is 5.69 Å². The first-order valence-corrected chi connectivity index (χ1v) is 8.20. The Kier molecular flexibility index (Phi) is 4.25. The Morgan fingerprint density at radius 1 is 1.15 bits per heavy atom. The van der Waals surface area contributed by atoms with Gasteiger partial charge in [-0.05, 0) is 23.8 Å². The third kappa shape index (κ3) is 3.61. The second-order valence-corrected chi connectivity index (χ2v) is 5.99. The lowest BCUT2D eigenvalue weighted by molar-refractivity contribution is 0.251. The molecule has 2 N–H and O–H groups in total. The third-order valence-electron chi connectivity index (χ3n) is 4.00. The minimum absolute atomic E-state index is 0.285. The maximum absolute atomic E-state index is 12.9. The molecule has 0 aliphatic carbocycles. The number of carbonyl (C=O) groups is 1. The van der Waals surface area contributed by atoms with Crippen LogP contribution in [0.1, 0.15) is 5.56 Å². The van der Waals surface area contributed by atoms with Crippen LogP contribution < -0.4 is 10.6 Å². The normalized spacial score (nSPS) is 10.9. The van der Waals surface area contributed by atoms with Crippen molar-refractivity contribution in [2.45, 2.75) is 6.54 Å². The van der Waals surface area contributed by atoms with Gasteiger partial charge in [-0.15, -0.1) is 0 Å². The lowest BCUT2D eigenvalue weighted by atomic mass is 10.2. The van der Waals surface area contributed by atoms with Gasteiger partial charge in [0.25, 0.3) is 0 Å². The van der Waals surface area contributed by atoms with E-state index < -0.39 is 6.03 Å². The molecular weight excluding hydrogens is 349 g/mol. The summed E-state index contributed by atoms with van der Waals surface area (Å²) >= 11 is 0. The van der Waals surface area contributed by atoms with Crippen molar-refractivity contribution >= 4 is 22.8 Å². The molecular formula is C18H16FN7O. The first-order chi connectivity index (χ1) is 13.1. The Morgan fingerprint density at radius 3 is 2.70 bits per heavy atom. The van der Waals surface area contributed by atoms with E-state index in [1.165, 1.54) is 12.1 Å². The molecule has 3 heterocycles. The number of pyridine rings is 1. The van der Waals surface area contributed by atoms with Crippen LogP contribution in [0.2, 0.25) is 0 Å². The summed E-state index contributed by atoms with van der Waals surface area (Å²) in [4.78, 5) is 16.3. The maximum Gasteiger partial charge on any atom is 0.320 e. The molecule has 0 saturated carbocycles. The standard InChI is InChI=1S/C18H16FN7O/c1-25-11-15(9-22-25)26-16-10-20-17(6-13(16)8-23-26)24-18(27)21-7-12-2-4-14(19)5-3-12/h2-6,8-11H,7H2,1H3,(H2,20,21,24,27). The van der Waals surface area contributed by atoms with Gasteiger partial charge < -0.3 is 5.32 Å². The number of nitrogens with one attached hydrogen (secondary N) is 2. The fraction of sp³-hybridized carbons (Fsp3) is 0.111. The Bertz CT molecular complexity index is 1100. The largest absolute Gasteiger partial charge is 0.334 e. The van der Waals surface area contributed by atoms with Crippen molar-refractivity contribution in [3.05, 3.63) is 66.5 Å². The lowest BCUT2D eigenvalue weighted by Gasteiger charge is -2.07. The number of benzene rings is 1. The van der Waals surface area contributed by atoms with Gasteiger partial charge in [0, 0.05) is 19.0 Å². The smallest absolute Gasteiger partial charge is 0.320 e. The van der Waals surface area contributed by atoms with Crippen LogP contribution in [0, 0.1) is 5.82 Å². The summed E-state index contributed by atoms with van der Waals surface area (Å²) in [5.41, 5.74) is 2.43. The second kappa shape index (κ2) is 6.87. The molecule has 3 aromatic heterocycles. The zero-order valence-electron chi connectivity index (χ0n) is 14.4. The van der Waals surface area contributed by atoms with Gasteiger partial charge in [-0.3, -0.25) is 10.00 Å². The van der Waals surface area contributed by atoms with Crippen LogP contribution >= 0.6 is 0 Å². The molecule has 0 unspecified atom stereocenters. The Hall–Kier alpha value is -3.75. The van der Waals surface area contributed by atoms with E-state index in [9.17, 15) is 9.18 Å². The molecule has 0 atom stereocenters. The highest BCUT2D eigenvalue weighted by Gasteiger charge is 2.09. The Morgan fingerprint density at radius 2 is 1.96 bits per heavy atom. The molecule has 2 amide bonds. The molecule has 1 aromatic carbocycles. The van der Waals surface area contributed by atoms with Crippen molar-refractivity contribution < 1.29 is 9.18 Å². The summed E-state index contributed by atoms with van der Waals surface area (Å²) in [5, 5.41) is 14.7. The molecule has 0 bridgehead atoms. The van der Waals surface area contributed by atoms with Gasteiger partial charge in [-0.25, -0.2) is 18.9 Å². The number of hydrogen-bond donors (Lipinski definition) is 2. The van der Waals surface area contributed by atoms with Crippen LogP contribution in [0.5, 0.6) is 0 Å². The van der Waals surface area contributed by atoms with E-state index in [1.54, 1.807) is 46.2 Å². The van der Waals surface area contributed by atoms with Gasteiger partial charge >= 0.3 is 6.03 Å². The number of halogens is 1. The van der Waals surface area contributed by atoms with Crippen molar-refractivity contribution in [2.24, 2.45) is 7.05 Å². The minimum Gasteiger partial charge on any atom is -0.334 e. The molecule has 0 saturated heterocycles. The highest BCUT2D eigenvalue weighted by atomic mass is 19.1. The van der Waals surface area contributed by atoms with E-state index in [-0.39, 0.29) is 12.4 Å². The van der Waals surface area contributed by atoms with Crippen molar-refractivity contribution in [1.82, 2.24) is 29.9 Å². The van der Waals surface area contributed by atoms with Crippen LogP contribution in [0.15, 0.2) is 55.1 Å². The number of nitrogens with zero attached hydrogens (tertiary/aromatic N) is 5. The number of rotatable bonds is 4. The minimum atomic E-state index is -0.397. The number of fused-ring (bicyclic) bond motifs is 1. The number of aromatic nitrogens is 5. The number of amides is 2. The zero-order chi connectivity index (χ0) is 18.8. The maximum atomic E-state index is 12.9. The molecule has 0 aliphatic heterocycles. The van der Waals surface area contributed by atoms with Crippen LogP contribution in [-0.2, 0) is 13.6 Å². The summed E-state index contributed by atoms with van der Waals surface area (Å²) in [6.45, 7) is 0.285. The molecule has 27 heavy (non-hydrogen) atoms. The number of hydrogen-bond acceptors (Lipinski definition) is 4. The molecule has 9 heteroatoms. The van der Waals surface area contributed by atoms with Gasteiger partial charge in [0.2, 0.25) is 0 Å². The molecule has 4 rings (SSSR count). The fourth-order valence-corrected chi connectivity index (χ4v) is 2.66. The highest BCUT2D eigenvalue weighted by molar-refractivity contribution is 5.91. The monoisotopic (exact) mass is 365 g/mol. The summed E-state index contributed by atoms with van der Waals surface area (Å²) in [6, 6.07) is 7.28. The predicted octanol–water partition coefficient (Wildman–Crippen LogP) is 2.61. The van der Waals surface area contributed by atoms with Crippen LogP contribution in [0.25, 0.3) is 16.6 Å². The molecule has 136 valence electrons. The molecule has 4 aromatic rings. The summed E-state index contributed by atoms with van der Waals surface area (Å²) < 4.78 is 16.3. The Labute approximate surface area is 153 Å². The average Bonchev–Trinajstić information content (AvgIpc) is 3.27. The van der Waals surface area contributed by atoms with E-state index in [2.05, 4.69) is 25.8 Å². The second-order valence-electron chi connectivity index (χ2n) is 5.99. The van der Waals surface area contributed by atoms with Crippen LogP contribution in [0.3, 0.4) is 0 Å². The first-order valence-electron chi connectivity index (χ1n) is 8.20. The van der Waals surface area contributed by atoms with Crippen molar-refractivity contribution in [3.63, 3.8) is 0 Å². The Balaban J connectivity index is 1.44. The van der Waals surface area contributed by atoms with E-state index >= 15 is 0 Å². The number of urea groups is 1. The molecule has 0 radical (unpaired) electrons. The highest BCUT2D eigenvalue weighted by Crippen LogP contribution is 2.19. The number of aryl methyl sites for hydroxylation is 1. The quantitative estimate of drug-likeness (QED) is 0.582. The molecule has 0 aliphatic rings. The molecule has 0 spiro atoms. The zero-order valence-corrected chi connectivity index (χ0v) is 14.4. The third-order valence-corrected chi connectivity index (χ3v) is 4.00. The van der Waals surface area contributed by atoms with E-state index in [1.807, 2.05) is 13.2 Å². The summed E-state index contributed by atoms with van der Waals surface area (Å²) in [6.07, 6.45) is 6.90. The average molecular weight is 365 g/mol. The van der Waals surface area contributed by atoms with Gasteiger partial charge in [0.05, 0.1) is 30.3 Å². The lowest BCUT2D eigenvalue weighted by Crippen LogP contribution is -2.28. The number of anilines is 1. The first kappa shape index (κ1) is 16.7. The van der Waals surface area contributed by atoms with E-state index in [0.29, 0.717) is 5.82 Å². The topological polar surface area (TPSA) is 89.7 Å². The van der Waals surface area contributed by atoms with Gasteiger partial charge in [0.1, 0.15) is 17.3 Å². The van der Waals surface area contributed by atoms with Gasteiger partial charge in [-0.1, -0.05) is 12.1 Å². The van der Waals surface area contributed by atoms with Gasteiger partial charge in [-0.2, -0.15) is 10.2 Å². The van der Waals surface area contributed by atoms with Gasteiger partial charge in [0.15, 0.2) is 0 Å². The SMILES string of the molecule is Cn1cc(-n2ncc3cc(NC(=O)NCc4ccc(F)cc4)ncc32)cn1. The van der Waals surface area contributed by atoms with Crippen LogP contribution in [0.4, 0.5) is 15.0 Å². The summed E-state index contributed by atoms with van der Waals surface area (Å²) in [7, 11) is 1.83. The van der Waals surface area contributed by atoms with E-state index in [4.69, 9.17) is 0 Å². The molecule has 8 nitrogen and oxygen atoms in total. The molecule has 0 fully saturated rings. The number of carbonyl (C=O) groups excluding carboxylic acids is 1. The fourth-order valence-electron chi connectivity index (χ4n) is 2.66. The van der Waals surface area contributed by atoms with Crippen molar-refractivity contribution in [2.75, 3.05) is 5.32 Å². The van der Waals surface area contributed by atoms with Crippen molar-refractivity contribution in [1.29, 1.82) is 0 Å².